The van der Waals surface area contributed by atoms with Gasteiger partial charge in [-0.15, -0.1) is 0 Å². The smallest absolute Gasteiger partial charge is 0.143 e. The SMILES string of the molecule is Brc1ccccc1-c1cccc(-c2cccc3c2oc2c4ccccc4ccc32)c1. The van der Waals surface area contributed by atoms with E-state index >= 15 is 0 Å². The maximum absolute atomic E-state index is 6.51. The Morgan fingerprint density at radius 2 is 1.17 bits per heavy atom. The molecule has 0 amide bonds. The van der Waals surface area contributed by atoms with Gasteiger partial charge in [0.05, 0.1) is 0 Å². The predicted octanol–water partition coefficient (Wildman–Crippen LogP) is 8.84. The van der Waals surface area contributed by atoms with E-state index in [0.717, 1.165) is 42.9 Å². The number of hydrogen-bond acceptors (Lipinski definition) is 1. The number of hydrogen-bond donors (Lipinski definition) is 0. The molecule has 1 aromatic heterocycles. The van der Waals surface area contributed by atoms with Crippen molar-refractivity contribution in [3.8, 4) is 22.3 Å². The molecule has 6 rings (SSSR count). The average Bonchev–Trinajstić information content (AvgIpc) is 3.19. The number of para-hydroxylation sites is 1. The lowest BCUT2D eigenvalue weighted by atomic mass is 9.97. The summed E-state index contributed by atoms with van der Waals surface area (Å²) in [5.41, 5.74) is 6.52. The molecule has 0 aliphatic rings. The normalized spacial score (nSPS) is 11.5. The van der Waals surface area contributed by atoms with Crippen molar-refractivity contribution in [1.82, 2.24) is 0 Å². The summed E-state index contributed by atoms with van der Waals surface area (Å²) in [5, 5.41) is 4.66. The minimum atomic E-state index is 0.938. The first-order valence-corrected chi connectivity index (χ1v) is 10.8. The molecule has 0 aliphatic heterocycles. The van der Waals surface area contributed by atoms with E-state index < -0.39 is 0 Å². The van der Waals surface area contributed by atoms with Crippen LogP contribution < -0.4 is 0 Å². The van der Waals surface area contributed by atoms with Gasteiger partial charge in [-0.1, -0.05) is 101 Å². The van der Waals surface area contributed by atoms with E-state index in [0.29, 0.717) is 0 Å². The molecule has 0 saturated carbocycles. The summed E-state index contributed by atoms with van der Waals surface area (Å²) in [6.07, 6.45) is 0. The van der Waals surface area contributed by atoms with Crippen LogP contribution in [0.1, 0.15) is 0 Å². The van der Waals surface area contributed by atoms with Crippen LogP contribution in [0.25, 0.3) is 55.0 Å². The van der Waals surface area contributed by atoms with Gasteiger partial charge in [0.2, 0.25) is 0 Å². The lowest BCUT2D eigenvalue weighted by Gasteiger charge is -2.08. The zero-order valence-electron chi connectivity index (χ0n) is 16.1. The number of fused-ring (bicyclic) bond motifs is 5. The van der Waals surface area contributed by atoms with E-state index in [2.05, 4.69) is 113 Å². The minimum Gasteiger partial charge on any atom is -0.455 e. The van der Waals surface area contributed by atoms with Crippen molar-refractivity contribution >= 4 is 48.6 Å². The van der Waals surface area contributed by atoms with Crippen molar-refractivity contribution in [2.24, 2.45) is 0 Å². The number of rotatable bonds is 2. The summed E-state index contributed by atoms with van der Waals surface area (Å²) in [6.45, 7) is 0. The summed E-state index contributed by atoms with van der Waals surface area (Å²) in [4.78, 5) is 0. The molecular weight excluding hydrogens is 432 g/mol. The number of furan rings is 1. The maximum atomic E-state index is 6.51. The van der Waals surface area contributed by atoms with Crippen LogP contribution in [0, 0.1) is 0 Å². The van der Waals surface area contributed by atoms with Crippen LogP contribution in [0.4, 0.5) is 0 Å². The highest BCUT2D eigenvalue weighted by molar-refractivity contribution is 9.10. The van der Waals surface area contributed by atoms with Crippen molar-refractivity contribution < 1.29 is 4.42 Å². The third kappa shape index (κ3) is 2.68. The number of benzene rings is 5. The van der Waals surface area contributed by atoms with Crippen LogP contribution in [0.5, 0.6) is 0 Å². The van der Waals surface area contributed by atoms with Crippen LogP contribution in [0.2, 0.25) is 0 Å². The first kappa shape index (κ1) is 17.5. The highest BCUT2D eigenvalue weighted by atomic mass is 79.9. The molecule has 0 radical (unpaired) electrons. The first-order chi connectivity index (χ1) is 14.8. The highest BCUT2D eigenvalue weighted by Gasteiger charge is 2.14. The van der Waals surface area contributed by atoms with Gasteiger partial charge in [-0.25, -0.2) is 0 Å². The Bertz CT molecular complexity index is 1560. The van der Waals surface area contributed by atoms with E-state index in [4.69, 9.17) is 4.42 Å². The molecule has 0 bridgehead atoms. The zero-order valence-corrected chi connectivity index (χ0v) is 17.7. The Kier molecular flexibility index (Phi) is 4.00. The molecule has 1 heterocycles. The molecule has 0 aliphatic carbocycles. The average molecular weight is 449 g/mol. The van der Waals surface area contributed by atoms with Crippen LogP contribution in [0.15, 0.2) is 112 Å². The minimum absolute atomic E-state index is 0.938. The van der Waals surface area contributed by atoms with Crippen molar-refractivity contribution in [3.63, 3.8) is 0 Å². The number of halogens is 1. The van der Waals surface area contributed by atoms with Gasteiger partial charge in [0.25, 0.3) is 0 Å². The Labute approximate surface area is 182 Å². The lowest BCUT2D eigenvalue weighted by Crippen LogP contribution is -1.83. The van der Waals surface area contributed by atoms with Crippen LogP contribution in [-0.4, -0.2) is 0 Å². The topological polar surface area (TPSA) is 13.1 Å². The Morgan fingerprint density at radius 3 is 2.07 bits per heavy atom. The molecule has 2 heteroatoms. The summed E-state index contributed by atoms with van der Waals surface area (Å²) in [7, 11) is 0. The van der Waals surface area contributed by atoms with Gasteiger partial charge >= 0.3 is 0 Å². The highest BCUT2D eigenvalue weighted by Crippen LogP contribution is 2.39. The Morgan fingerprint density at radius 1 is 0.500 bits per heavy atom. The van der Waals surface area contributed by atoms with Gasteiger partial charge in [0.1, 0.15) is 11.2 Å². The molecule has 0 atom stereocenters. The molecule has 1 nitrogen and oxygen atoms in total. The molecule has 5 aromatic carbocycles. The third-order valence-corrected chi connectivity index (χ3v) is 6.44. The van der Waals surface area contributed by atoms with Gasteiger partial charge in [0, 0.05) is 26.2 Å². The van der Waals surface area contributed by atoms with Crippen LogP contribution >= 0.6 is 15.9 Å². The molecule has 142 valence electrons. The fraction of sp³-hybridized carbons (Fsp3) is 0. The van der Waals surface area contributed by atoms with Crippen LogP contribution in [0.3, 0.4) is 0 Å². The summed E-state index contributed by atoms with van der Waals surface area (Å²) < 4.78 is 7.60. The Hall–Kier alpha value is -3.36. The second-order valence-electron chi connectivity index (χ2n) is 7.51. The van der Waals surface area contributed by atoms with Crippen molar-refractivity contribution in [3.05, 3.63) is 108 Å². The van der Waals surface area contributed by atoms with Crippen LogP contribution in [-0.2, 0) is 0 Å². The molecule has 0 N–H and O–H groups in total. The molecular formula is C28H17BrO. The van der Waals surface area contributed by atoms with Crippen molar-refractivity contribution in [2.75, 3.05) is 0 Å². The van der Waals surface area contributed by atoms with E-state index in [-0.39, 0.29) is 0 Å². The zero-order chi connectivity index (χ0) is 20.1. The van der Waals surface area contributed by atoms with E-state index in [1.807, 2.05) is 6.07 Å². The van der Waals surface area contributed by atoms with Gasteiger partial charge in [-0.3, -0.25) is 0 Å². The van der Waals surface area contributed by atoms with Gasteiger partial charge in [-0.05, 0) is 40.3 Å². The van der Waals surface area contributed by atoms with Crippen molar-refractivity contribution in [2.45, 2.75) is 0 Å². The molecule has 6 aromatic rings. The standard InChI is InChI=1S/C28H17BrO/c29-26-14-4-3-10-21(26)19-8-5-9-20(17-19)23-12-6-13-24-25-16-15-18-7-1-2-11-22(18)27(25)30-28(23)24/h1-17H. The summed E-state index contributed by atoms with van der Waals surface area (Å²) >= 11 is 3.68. The van der Waals surface area contributed by atoms with Gasteiger partial charge in [0.15, 0.2) is 0 Å². The second-order valence-corrected chi connectivity index (χ2v) is 8.36. The van der Waals surface area contributed by atoms with E-state index in [1.165, 1.54) is 16.5 Å². The molecule has 0 fully saturated rings. The summed E-state index contributed by atoms with van der Waals surface area (Å²) in [5.74, 6) is 0. The second kappa shape index (κ2) is 6.86. The summed E-state index contributed by atoms with van der Waals surface area (Å²) in [6, 6.07) is 36.1. The fourth-order valence-corrected chi connectivity index (χ4v) is 4.82. The van der Waals surface area contributed by atoms with Gasteiger partial charge < -0.3 is 4.42 Å². The van der Waals surface area contributed by atoms with E-state index in [1.54, 1.807) is 0 Å². The Balaban J connectivity index is 1.61. The third-order valence-electron chi connectivity index (χ3n) is 5.75. The van der Waals surface area contributed by atoms with Crippen molar-refractivity contribution in [1.29, 1.82) is 0 Å². The molecule has 0 spiro atoms. The fourth-order valence-electron chi connectivity index (χ4n) is 4.30. The van der Waals surface area contributed by atoms with E-state index in [9.17, 15) is 0 Å². The molecule has 0 unspecified atom stereocenters. The predicted molar refractivity (Wildman–Crippen MR) is 130 cm³/mol. The molecule has 0 saturated heterocycles. The lowest BCUT2D eigenvalue weighted by molar-refractivity contribution is 0.674. The van der Waals surface area contributed by atoms with Gasteiger partial charge in [-0.2, -0.15) is 0 Å². The maximum Gasteiger partial charge on any atom is 0.143 e. The first-order valence-electron chi connectivity index (χ1n) is 9.98. The quantitative estimate of drug-likeness (QED) is 0.257. The molecule has 30 heavy (non-hydrogen) atoms. The monoisotopic (exact) mass is 448 g/mol. The largest absolute Gasteiger partial charge is 0.455 e.